The van der Waals surface area contributed by atoms with Crippen LogP contribution in [0.3, 0.4) is 0 Å². The van der Waals surface area contributed by atoms with E-state index in [-0.39, 0.29) is 36.0 Å². The van der Waals surface area contributed by atoms with E-state index >= 15 is 0 Å². The fraction of sp³-hybridized carbons (Fsp3) is 0.333. The van der Waals surface area contributed by atoms with E-state index in [1.54, 1.807) is 18.3 Å². The Morgan fingerprint density at radius 1 is 1.42 bits per heavy atom. The number of halogens is 1. The molecule has 0 aromatic carbocycles. The maximum atomic E-state index is 11.6. The number of imide groups is 1. The predicted octanol–water partition coefficient (Wildman–Crippen LogP) is 0.982. The Bertz CT molecular complexity index is 501. The Balaban J connectivity index is 0.00000180. The van der Waals surface area contributed by atoms with E-state index in [1.807, 2.05) is 0 Å². The van der Waals surface area contributed by atoms with E-state index in [4.69, 9.17) is 0 Å². The molecule has 0 saturated carbocycles. The molecule has 1 aliphatic heterocycles. The number of pyridine rings is 1. The van der Waals surface area contributed by atoms with Crippen molar-refractivity contribution in [1.82, 2.24) is 10.3 Å². The average molecular weight is 284 g/mol. The summed E-state index contributed by atoms with van der Waals surface area (Å²) >= 11 is 0. The number of hydrogen-bond donors (Lipinski definition) is 2. The third-order valence-corrected chi connectivity index (χ3v) is 2.73. The smallest absolute Gasteiger partial charge is 0.234 e. The zero-order chi connectivity index (χ0) is 13.1. The van der Waals surface area contributed by atoms with Crippen LogP contribution in [0.2, 0.25) is 0 Å². The van der Waals surface area contributed by atoms with Crippen LogP contribution in [0, 0.1) is 0 Å². The number of piperidine rings is 1. The molecule has 19 heavy (non-hydrogen) atoms. The Kier molecular flexibility index (Phi) is 5.00. The van der Waals surface area contributed by atoms with E-state index < -0.39 is 0 Å². The van der Waals surface area contributed by atoms with Gasteiger partial charge in [-0.3, -0.25) is 19.7 Å². The van der Waals surface area contributed by atoms with Crippen LogP contribution in [0.15, 0.2) is 18.3 Å². The number of amides is 3. The zero-order valence-corrected chi connectivity index (χ0v) is 11.1. The van der Waals surface area contributed by atoms with Crippen LogP contribution in [-0.4, -0.2) is 22.7 Å². The highest BCUT2D eigenvalue weighted by Crippen LogP contribution is 2.24. The molecular weight excluding hydrogens is 270 g/mol. The molecule has 1 aromatic heterocycles. The van der Waals surface area contributed by atoms with E-state index in [9.17, 15) is 14.4 Å². The van der Waals surface area contributed by atoms with Crippen molar-refractivity contribution < 1.29 is 14.4 Å². The maximum Gasteiger partial charge on any atom is 0.234 e. The first kappa shape index (κ1) is 15.1. The second-order valence-corrected chi connectivity index (χ2v) is 4.16. The van der Waals surface area contributed by atoms with E-state index in [2.05, 4.69) is 15.6 Å². The number of aromatic nitrogens is 1. The molecule has 0 spiro atoms. The van der Waals surface area contributed by atoms with Crippen LogP contribution in [0.5, 0.6) is 0 Å². The first-order valence-corrected chi connectivity index (χ1v) is 5.63. The van der Waals surface area contributed by atoms with Gasteiger partial charge in [0.15, 0.2) is 0 Å². The number of nitrogens with one attached hydrogen (secondary N) is 2. The molecule has 1 aliphatic rings. The molecule has 0 radical (unpaired) electrons. The summed E-state index contributed by atoms with van der Waals surface area (Å²) in [5, 5.41) is 4.85. The molecule has 1 fully saturated rings. The molecule has 1 unspecified atom stereocenters. The number of carbonyl (C=O) groups excluding carboxylic acids is 3. The lowest BCUT2D eigenvalue weighted by atomic mass is 9.92. The highest BCUT2D eigenvalue weighted by atomic mass is 35.5. The van der Waals surface area contributed by atoms with E-state index in [1.165, 1.54) is 6.92 Å². The van der Waals surface area contributed by atoms with E-state index in [0.717, 1.165) is 5.56 Å². The minimum absolute atomic E-state index is 0. The van der Waals surface area contributed by atoms with Gasteiger partial charge in [0.25, 0.3) is 0 Å². The van der Waals surface area contributed by atoms with Gasteiger partial charge in [-0.15, -0.1) is 12.4 Å². The van der Waals surface area contributed by atoms with Crippen molar-refractivity contribution in [3.8, 4) is 0 Å². The molecule has 6 nitrogen and oxygen atoms in total. The monoisotopic (exact) mass is 283 g/mol. The van der Waals surface area contributed by atoms with Gasteiger partial charge in [0.1, 0.15) is 5.82 Å². The number of rotatable bonds is 2. The molecule has 3 amide bonds. The number of anilines is 1. The van der Waals surface area contributed by atoms with Crippen molar-refractivity contribution in [3.05, 3.63) is 23.9 Å². The first-order chi connectivity index (χ1) is 8.56. The molecule has 1 aromatic rings. The summed E-state index contributed by atoms with van der Waals surface area (Å²) in [5.41, 5.74) is 0.745. The van der Waals surface area contributed by atoms with Gasteiger partial charge in [-0.25, -0.2) is 4.98 Å². The van der Waals surface area contributed by atoms with Gasteiger partial charge in [0.2, 0.25) is 17.7 Å². The molecule has 1 saturated heterocycles. The Hall–Kier alpha value is -1.95. The minimum Gasteiger partial charge on any atom is -0.311 e. The van der Waals surface area contributed by atoms with Crippen molar-refractivity contribution in [2.75, 3.05) is 5.32 Å². The summed E-state index contributed by atoms with van der Waals surface area (Å²) in [6.45, 7) is 1.40. The standard InChI is InChI=1S/C12H13N3O3.ClH/c1-7(16)14-10-4-2-8(6-13-10)9-3-5-11(17)15-12(9)18;/h2,4,6,9H,3,5H2,1H3,(H,13,14,16)(H,15,17,18);1H. The van der Waals surface area contributed by atoms with Crippen LogP contribution < -0.4 is 10.6 Å². The molecule has 2 heterocycles. The third-order valence-electron chi connectivity index (χ3n) is 2.73. The number of hydrogen-bond acceptors (Lipinski definition) is 4. The van der Waals surface area contributed by atoms with Gasteiger partial charge in [-0.1, -0.05) is 6.07 Å². The summed E-state index contributed by atoms with van der Waals surface area (Å²) in [5.74, 6) is -0.629. The van der Waals surface area contributed by atoms with Crippen molar-refractivity contribution in [2.45, 2.75) is 25.7 Å². The third kappa shape index (κ3) is 3.75. The van der Waals surface area contributed by atoms with Gasteiger partial charge in [-0.05, 0) is 18.1 Å². The van der Waals surface area contributed by atoms with Crippen molar-refractivity contribution >= 4 is 35.9 Å². The molecule has 2 rings (SSSR count). The molecular formula is C12H14ClN3O3. The van der Waals surface area contributed by atoms with Gasteiger partial charge < -0.3 is 5.32 Å². The molecule has 0 aliphatic carbocycles. The maximum absolute atomic E-state index is 11.6. The summed E-state index contributed by atoms with van der Waals surface area (Å²) < 4.78 is 0. The molecule has 102 valence electrons. The SMILES string of the molecule is CC(=O)Nc1ccc(C2CCC(=O)NC2=O)cn1.Cl. The van der Waals surface area contributed by atoms with Gasteiger partial charge >= 0.3 is 0 Å². The first-order valence-electron chi connectivity index (χ1n) is 5.63. The van der Waals surface area contributed by atoms with Gasteiger partial charge in [0, 0.05) is 19.5 Å². The largest absolute Gasteiger partial charge is 0.311 e. The van der Waals surface area contributed by atoms with Crippen molar-refractivity contribution in [3.63, 3.8) is 0 Å². The van der Waals surface area contributed by atoms with Gasteiger partial charge in [-0.2, -0.15) is 0 Å². The minimum atomic E-state index is -0.346. The Morgan fingerprint density at radius 2 is 2.16 bits per heavy atom. The molecule has 0 bridgehead atoms. The lowest BCUT2D eigenvalue weighted by molar-refractivity contribution is -0.134. The Morgan fingerprint density at radius 3 is 2.68 bits per heavy atom. The lowest BCUT2D eigenvalue weighted by Crippen LogP contribution is -2.39. The normalized spacial score (nSPS) is 18.3. The number of carbonyl (C=O) groups is 3. The quantitative estimate of drug-likeness (QED) is 0.792. The average Bonchev–Trinajstić information content (AvgIpc) is 2.30. The van der Waals surface area contributed by atoms with Crippen LogP contribution in [-0.2, 0) is 14.4 Å². The fourth-order valence-electron chi connectivity index (χ4n) is 1.88. The van der Waals surface area contributed by atoms with E-state index in [0.29, 0.717) is 18.7 Å². The second-order valence-electron chi connectivity index (χ2n) is 4.16. The topological polar surface area (TPSA) is 88.2 Å². The van der Waals surface area contributed by atoms with Crippen molar-refractivity contribution in [2.24, 2.45) is 0 Å². The van der Waals surface area contributed by atoms with Crippen LogP contribution in [0.25, 0.3) is 0 Å². The summed E-state index contributed by atoms with van der Waals surface area (Å²) in [7, 11) is 0. The van der Waals surface area contributed by atoms with Crippen molar-refractivity contribution in [1.29, 1.82) is 0 Å². The highest BCUT2D eigenvalue weighted by molar-refractivity contribution is 6.00. The molecule has 7 heteroatoms. The highest BCUT2D eigenvalue weighted by Gasteiger charge is 2.27. The number of nitrogens with zero attached hydrogens (tertiary/aromatic N) is 1. The lowest BCUT2D eigenvalue weighted by Gasteiger charge is -2.20. The van der Waals surface area contributed by atoms with Crippen LogP contribution in [0.4, 0.5) is 5.82 Å². The fourth-order valence-corrected chi connectivity index (χ4v) is 1.88. The molecule has 1 atom stereocenters. The summed E-state index contributed by atoms with van der Waals surface area (Å²) in [6.07, 6.45) is 2.38. The summed E-state index contributed by atoms with van der Waals surface area (Å²) in [4.78, 5) is 37.6. The summed E-state index contributed by atoms with van der Waals surface area (Å²) in [6, 6.07) is 3.37. The zero-order valence-electron chi connectivity index (χ0n) is 10.3. The van der Waals surface area contributed by atoms with Crippen LogP contribution >= 0.6 is 12.4 Å². The van der Waals surface area contributed by atoms with Crippen LogP contribution in [0.1, 0.15) is 31.2 Å². The molecule has 2 N–H and O–H groups in total. The Labute approximate surface area is 116 Å². The van der Waals surface area contributed by atoms with Gasteiger partial charge in [0.05, 0.1) is 5.92 Å². The predicted molar refractivity (Wildman–Crippen MR) is 70.9 cm³/mol. The second kappa shape index (κ2) is 6.29.